The standard InChI is InChI=1S/C21H25N3O3S/c1-27-18-7-3-2-6-16(18)17-13-28-20(23-17)15-5-4-10-24(12-15)21(26)14-8-9-22-19(25)11-14/h2-3,6-7,13-15H,4-5,8-12H2,1H3,(H,22,25)/t14-,15-/m0/s1. The van der Waals surface area contributed by atoms with Crippen LogP contribution in [-0.2, 0) is 9.59 Å². The molecule has 1 aromatic heterocycles. The number of thiazole rings is 1. The van der Waals surface area contributed by atoms with E-state index in [9.17, 15) is 9.59 Å². The van der Waals surface area contributed by atoms with Gasteiger partial charge in [-0.15, -0.1) is 11.3 Å². The van der Waals surface area contributed by atoms with Crippen molar-refractivity contribution >= 4 is 23.2 Å². The molecule has 2 fully saturated rings. The van der Waals surface area contributed by atoms with E-state index in [0.717, 1.165) is 47.8 Å². The first kappa shape index (κ1) is 18.9. The fourth-order valence-corrected chi connectivity index (χ4v) is 5.03. The molecule has 2 amide bonds. The normalized spacial score (nSPS) is 22.6. The summed E-state index contributed by atoms with van der Waals surface area (Å²) in [4.78, 5) is 31.3. The molecule has 6 nitrogen and oxygen atoms in total. The number of amides is 2. The molecule has 2 saturated heterocycles. The van der Waals surface area contributed by atoms with E-state index >= 15 is 0 Å². The Kier molecular flexibility index (Phi) is 5.62. The molecule has 7 heteroatoms. The van der Waals surface area contributed by atoms with Crippen LogP contribution in [0.25, 0.3) is 11.3 Å². The van der Waals surface area contributed by atoms with Gasteiger partial charge in [0.25, 0.3) is 0 Å². The number of aromatic nitrogens is 1. The summed E-state index contributed by atoms with van der Waals surface area (Å²) in [6.07, 6.45) is 3.06. The summed E-state index contributed by atoms with van der Waals surface area (Å²) >= 11 is 1.65. The van der Waals surface area contributed by atoms with E-state index in [0.29, 0.717) is 19.5 Å². The van der Waals surface area contributed by atoms with E-state index in [1.165, 1.54) is 0 Å². The van der Waals surface area contributed by atoms with Crippen molar-refractivity contribution in [1.29, 1.82) is 0 Å². The van der Waals surface area contributed by atoms with Crippen molar-refractivity contribution in [2.75, 3.05) is 26.7 Å². The summed E-state index contributed by atoms with van der Waals surface area (Å²) in [5.41, 5.74) is 1.91. The van der Waals surface area contributed by atoms with Gasteiger partial charge in [-0.1, -0.05) is 12.1 Å². The fraction of sp³-hybridized carbons (Fsp3) is 0.476. The number of likely N-dealkylation sites (tertiary alicyclic amines) is 1. The Morgan fingerprint density at radius 1 is 1.32 bits per heavy atom. The minimum Gasteiger partial charge on any atom is -0.496 e. The lowest BCUT2D eigenvalue weighted by atomic mass is 9.93. The number of piperidine rings is 2. The summed E-state index contributed by atoms with van der Waals surface area (Å²) in [7, 11) is 1.67. The van der Waals surface area contributed by atoms with E-state index < -0.39 is 0 Å². The predicted octanol–water partition coefficient (Wildman–Crippen LogP) is 3.05. The molecule has 2 aliphatic rings. The molecule has 4 rings (SSSR count). The summed E-state index contributed by atoms with van der Waals surface area (Å²) in [5, 5.41) is 5.94. The third kappa shape index (κ3) is 3.90. The highest BCUT2D eigenvalue weighted by Gasteiger charge is 2.33. The van der Waals surface area contributed by atoms with Gasteiger partial charge in [0.15, 0.2) is 0 Å². The van der Waals surface area contributed by atoms with Crippen LogP contribution in [0.3, 0.4) is 0 Å². The number of nitrogens with one attached hydrogen (secondary N) is 1. The lowest BCUT2D eigenvalue weighted by molar-refractivity contribution is -0.141. The number of methoxy groups -OCH3 is 1. The number of hydrogen-bond donors (Lipinski definition) is 1. The summed E-state index contributed by atoms with van der Waals surface area (Å²) in [5.74, 6) is 1.01. The van der Waals surface area contributed by atoms with Crippen LogP contribution in [0.15, 0.2) is 29.6 Å². The van der Waals surface area contributed by atoms with Crippen molar-refractivity contribution in [3.8, 4) is 17.0 Å². The van der Waals surface area contributed by atoms with E-state index in [1.807, 2.05) is 29.2 Å². The molecule has 0 aliphatic carbocycles. The zero-order valence-corrected chi connectivity index (χ0v) is 16.8. The second-order valence-electron chi connectivity index (χ2n) is 7.43. The Morgan fingerprint density at radius 2 is 2.18 bits per heavy atom. The highest BCUT2D eigenvalue weighted by molar-refractivity contribution is 7.10. The first-order valence-electron chi connectivity index (χ1n) is 9.80. The van der Waals surface area contributed by atoms with Gasteiger partial charge in [0, 0.05) is 48.8 Å². The van der Waals surface area contributed by atoms with Crippen LogP contribution >= 0.6 is 11.3 Å². The molecule has 2 atom stereocenters. The molecule has 2 aliphatic heterocycles. The Morgan fingerprint density at radius 3 is 3.00 bits per heavy atom. The number of carbonyl (C=O) groups excluding carboxylic acids is 2. The van der Waals surface area contributed by atoms with Crippen molar-refractivity contribution < 1.29 is 14.3 Å². The van der Waals surface area contributed by atoms with Gasteiger partial charge in [0.05, 0.1) is 17.8 Å². The average Bonchev–Trinajstić information content (AvgIpc) is 3.23. The average molecular weight is 400 g/mol. The maximum atomic E-state index is 12.9. The molecular formula is C21H25N3O3S. The predicted molar refractivity (Wildman–Crippen MR) is 108 cm³/mol. The van der Waals surface area contributed by atoms with E-state index in [-0.39, 0.29) is 23.7 Å². The minimum atomic E-state index is -0.173. The SMILES string of the molecule is COc1ccccc1-c1csc([C@H]2CCCN(C(=O)[C@H]3CCNC(=O)C3)C2)n1. The molecule has 28 heavy (non-hydrogen) atoms. The van der Waals surface area contributed by atoms with Crippen LogP contribution < -0.4 is 10.1 Å². The molecule has 2 aromatic rings. The van der Waals surface area contributed by atoms with Crippen LogP contribution in [0, 0.1) is 5.92 Å². The smallest absolute Gasteiger partial charge is 0.226 e. The fourth-order valence-electron chi connectivity index (χ4n) is 4.09. The molecule has 0 saturated carbocycles. The Labute approximate surface area is 168 Å². The van der Waals surface area contributed by atoms with Gasteiger partial charge in [0.2, 0.25) is 11.8 Å². The number of nitrogens with zero attached hydrogens (tertiary/aromatic N) is 2. The monoisotopic (exact) mass is 399 g/mol. The molecule has 1 N–H and O–H groups in total. The summed E-state index contributed by atoms with van der Waals surface area (Å²) < 4.78 is 5.46. The first-order chi connectivity index (χ1) is 13.7. The van der Waals surface area contributed by atoms with Crippen molar-refractivity contribution in [2.24, 2.45) is 5.92 Å². The first-order valence-corrected chi connectivity index (χ1v) is 10.7. The molecule has 0 spiro atoms. The quantitative estimate of drug-likeness (QED) is 0.858. The zero-order chi connectivity index (χ0) is 19.5. The largest absolute Gasteiger partial charge is 0.496 e. The van der Waals surface area contributed by atoms with E-state index in [1.54, 1.807) is 18.4 Å². The lowest BCUT2D eigenvalue weighted by Gasteiger charge is -2.35. The van der Waals surface area contributed by atoms with Gasteiger partial charge in [-0.25, -0.2) is 4.98 Å². The minimum absolute atomic E-state index is 0.0143. The van der Waals surface area contributed by atoms with Crippen LogP contribution in [0.2, 0.25) is 0 Å². The highest BCUT2D eigenvalue weighted by Crippen LogP contribution is 2.35. The Balaban J connectivity index is 1.47. The molecule has 0 radical (unpaired) electrons. The van der Waals surface area contributed by atoms with E-state index in [4.69, 9.17) is 9.72 Å². The van der Waals surface area contributed by atoms with Crippen molar-refractivity contribution in [1.82, 2.24) is 15.2 Å². The van der Waals surface area contributed by atoms with Crippen LogP contribution in [0.1, 0.15) is 36.6 Å². The molecular weight excluding hydrogens is 374 g/mol. The topological polar surface area (TPSA) is 71.5 Å². The summed E-state index contributed by atoms with van der Waals surface area (Å²) in [6.45, 7) is 2.06. The maximum absolute atomic E-state index is 12.9. The molecule has 3 heterocycles. The second kappa shape index (κ2) is 8.31. The van der Waals surface area contributed by atoms with Gasteiger partial charge in [-0.2, -0.15) is 0 Å². The van der Waals surface area contributed by atoms with Gasteiger partial charge in [0.1, 0.15) is 5.75 Å². The van der Waals surface area contributed by atoms with Gasteiger partial charge >= 0.3 is 0 Å². The number of hydrogen-bond acceptors (Lipinski definition) is 5. The number of rotatable bonds is 4. The number of carbonyl (C=O) groups is 2. The van der Waals surface area contributed by atoms with Gasteiger partial charge in [-0.3, -0.25) is 9.59 Å². The number of ether oxygens (including phenoxy) is 1. The van der Waals surface area contributed by atoms with Crippen LogP contribution in [0.5, 0.6) is 5.75 Å². The molecule has 1 aromatic carbocycles. The molecule has 0 unspecified atom stereocenters. The third-order valence-corrected chi connectivity index (χ3v) is 6.59. The van der Waals surface area contributed by atoms with Crippen LogP contribution in [-0.4, -0.2) is 48.4 Å². The van der Waals surface area contributed by atoms with E-state index in [2.05, 4.69) is 10.7 Å². The molecule has 0 bridgehead atoms. The maximum Gasteiger partial charge on any atom is 0.226 e. The van der Waals surface area contributed by atoms with Crippen molar-refractivity contribution in [3.63, 3.8) is 0 Å². The summed E-state index contributed by atoms with van der Waals surface area (Å²) in [6, 6.07) is 7.89. The zero-order valence-electron chi connectivity index (χ0n) is 16.0. The van der Waals surface area contributed by atoms with Gasteiger partial charge < -0.3 is 15.0 Å². The van der Waals surface area contributed by atoms with Crippen molar-refractivity contribution in [2.45, 2.75) is 31.6 Å². The van der Waals surface area contributed by atoms with Gasteiger partial charge in [-0.05, 0) is 31.4 Å². The highest BCUT2D eigenvalue weighted by atomic mass is 32.1. The molecule has 148 valence electrons. The lowest BCUT2D eigenvalue weighted by Crippen LogP contribution is -2.46. The third-order valence-electron chi connectivity index (χ3n) is 5.58. The Hall–Kier alpha value is -2.41. The van der Waals surface area contributed by atoms with Crippen molar-refractivity contribution in [3.05, 3.63) is 34.7 Å². The Bertz CT molecular complexity index is 866. The number of para-hydroxylation sites is 1. The number of benzene rings is 1. The van der Waals surface area contributed by atoms with Crippen LogP contribution in [0.4, 0.5) is 0 Å². The second-order valence-corrected chi connectivity index (χ2v) is 8.32.